The highest BCUT2D eigenvalue weighted by atomic mass is 32.2. The van der Waals surface area contributed by atoms with Crippen molar-refractivity contribution in [2.45, 2.75) is 41.2 Å². The number of hydrogen-bond donors (Lipinski definition) is 4. The zero-order valence-electron chi connectivity index (χ0n) is 26.9. The minimum absolute atomic E-state index is 0.0814. The molecule has 17 heteroatoms. The Morgan fingerprint density at radius 1 is 1.38 bits per heavy atom. The van der Waals surface area contributed by atoms with Crippen LogP contribution in [0.25, 0.3) is 10.9 Å². The van der Waals surface area contributed by atoms with Gasteiger partial charge in [0.2, 0.25) is 5.52 Å². The number of aromatic nitrogens is 2. The fourth-order valence-corrected chi connectivity index (χ4v) is 9.48. The third kappa shape index (κ3) is 6.53. The number of carbonyl (C=O) groups excluding carboxylic acids is 2. The molecule has 7 rings (SSSR count). The number of amides is 2. The zero-order chi connectivity index (χ0) is 35.1. The first kappa shape index (κ1) is 34.2. The second-order valence-corrected chi connectivity index (χ2v) is 15.3. The molecule has 3 atom stereocenters. The van der Waals surface area contributed by atoms with E-state index in [9.17, 15) is 19.5 Å². The van der Waals surface area contributed by atoms with E-state index in [0.29, 0.717) is 29.5 Å². The van der Waals surface area contributed by atoms with E-state index in [2.05, 4.69) is 36.2 Å². The van der Waals surface area contributed by atoms with Crippen LogP contribution in [-0.2, 0) is 19.2 Å². The van der Waals surface area contributed by atoms with Crippen molar-refractivity contribution in [1.29, 1.82) is 0 Å². The minimum atomic E-state index is -1.24. The largest absolute Gasteiger partial charge is 0.477 e. The molecule has 13 nitrogen and oxygen atoms in total. The van der Waals surface area contributed by atoms with E-state index in [1.54, 1.807) is 6.07 Å². The van der Waals surface area contributed by atoms with Crippen LogP contribution in [0.3, 0.4) is 0 Å². The number of fused-ring (bicyclic) bond motifs is 2. The molecule has 2 saturated heterocycles. The van der Waals surface area contributed by atoms with Gasteiger partial charge in [-0.3, -0.25) is 19.4 Å². The number of benzene rings is 1. The number of halogens is 1. The van der Waals surface area contributed by atoms with Crippen molar-refractivity contribution in [2.75, 3.05) is 50.5 Å². The molecule has 1 aromatic carbocycles. The molecule has 1 aliphatic carbocycles. The summed E-state index contributed by atoms with van der Waals surface area (Å²) < 4.78 is 18.0. The predicted molar refractivity (Wildman–Crippen MR) is 189 cm³/mol. The third-order valence-electron chi connectivity index (χ3n) is 9.08. The molecular weight excluding hydrogens is 704 g/mol. The molecule has 2 unspecified atom stereocenters. The number of carboxylic acids is 1. The normalized spacial score (nSPS) is 22.6. The Labute approximate surface area is 299 Å². The highest BCUT2D eigenvalue weighted by molar-refractivity contribution is 8.01. The quantitative estimate of drug-likeness (QED) is 0.0433. The van der Waals surface area contributed by atoms with Gasteiger partial charge in [0.15, 0.2) is 29.7 Å². The molecule has 0 bridgehead atoms. The second-order valence-electron chi connectivity index (χ2n) is 12.3. The van der Waals surface area contributed by atoms with E-state index in [4.69, 9.17) is 17.0 Å². The smallest absolute Gasteiger partial charge is 0.352 e. The SMILES string of the molecule is C#CCON=C(C(=O)NC1C(=O)N2C(C(=O)O)=C(CSc3cc[n+](C4CC4)c4cc(C5CNCCN5C)c(F)cc34)CS[C@@H]12)c1csc(N)n1. The number of β-lactam (4-membered cyclic amide) rings is 1. The summed E-state index contributed by atoms with van der Waals surface area (Å²) in [7, 11) is 2.01. The van der Waals surface area contributed by atoms with Crippen LogP contribution < -0.4 is 20.9 Å². The van der Waals surface area contributed by atoms with E-state index in [1.807, 2.05) is 25.4 Å². The molecule has 5 heterocycles. The highest BCUT2D eigenvalue weighted by Gasteiger charge is 2.54. The second kappa shape index (κ2) is 14.2. The van der Waals surface area contributed by atoms with Gasteiger partial charge >= 0.3 is 5.97 Å². The number of aliphatic carboxylic acids is 1. The number of nitrogen functional groups attached to an aromatic ring is 1. The number of thiazole rings is 1. The van der Waals surface area contributed by atoms with Crippen LogP contribution in [0.4, 0.5) is 9.52 Å². The van der Waals surface area contributed by atoms with Crippen LogP contribution in [0.2, 0.25) is 0 Å². The maximum Gasteiger partial charge on any atom is 0.352 e. The molecule has 1 saturated carbocycles. The van der Waals surface area contributed by atoms with Gasteiger partial charge in [-0.1, -0.05) is 11.1 Å². The van der Waals surface area contributed by atoms with Crippen LogP contribution in [0, 0.1) is 18.2 Å². The van der Waals surface area contributed by atoms with E-state index in [0.717, 1.165) is 53.1 Å². The monoisotopic (exact) mass is 737 g/mol. The summed E-state index contributed by atoms with van der Waals surface area (Å²) in [6.07, 6.45) is 9.38. The minimum Gasteiger partial charge on any atom is -0.477 e. The summed E-state index contributed by atoms with van der Waals surface area (Å²) in [5.41, 5.74) is 7.72. The van der Waals surface area contributed by atoms with Gasteiger partial charge in [0.1, 0.15) is 28.6 Å². The third-order valence-corrected chi connectivity index (χ3v) is 12.3. The van der Waals surface area contributed by atoms with E-state index >= 15 is 4.39 Å². The fraction of sp³-hybridized carbons (Fsp3) is 0.394. The van der Waals surface area contributed by atoms with Gasteiger partial charge in [0, 0.05) is 72.0 Å². The topological polar surface area (TPSA) is 166 Å². The van der Waals surface area contributed by atoms with Gasteiger partial charge in [0.25, 0.3) is 11.8 Å². The first-order valence-electron chi connectivity index (χ1n) is 15.9. The fourth-order valence-electron chi connectivity index (χ4n) is 6.42. The van der Waals surface area contributed by atoms with Crippen LogP contribution in [0.1, 0.15) is 36.2 Å². The molecule has 260 valence electrons. The molecule has 0 spiro atoms. The average molecular weight is 738 g/mol. The molecule has 3 fully saturated rings. The van der Waals surface area contributed by atoms with Crippen LogP contribution in [0.15, 0.2) is 51.1 Å². The number of nitrogens with two attached hydrogens (primary N) is 1. The van der Waals surface area contributed by atoms with Crippen molar-refractivity contribution in [3.63, 3.8) is 0 Å². The first-order chi connectivity index (χ1) is 24.2. The lowest BCUT2D eigenvalue weighted by molar-refractivity contribution is -0.675. The number of rotatable bonds is 11. The van der Waals surface area contributed by atoms with Crippen molar-refractivity contribution < 1.29 is 33.3 Å². The maximum absolute atomic E-state index is 15.8. The van der Waals surface area contributed by atoms with E-state index in [-0.39, 0.29) is 46.5 Å². The standard InChI is InChI=1S/C33H33FN8O5S3/c1-3-10-47-39-26(22-16-50-33(35)37-22)29(43)38-27-30(44)42-28(32(45)46)17(15-49-31(27)42)14-48-25-6-8-41(18-4-5-18)23-12-19(21(34)11-20(23)25)24-13-36-7-9-40(24)2/h1,6,8,11-12,16,18,24,27,31,36H,4-5,7,9-10,13-15H2,2H3,(H3-,35,37,38,43,45,46)/p+1/t24?,27?,31-/m0/s1. The summed E-state index contributed by atoms with van der Waals surface area (Å²) in [6.45, 7) is 2.16. The first-order valence-corrected chi connectivity index (χ1v) is 18.8. The molecular formula is C33H34FN8O5S3+. The number of oxime groups is 1. The van der Waals surface area contributed by atoms with Gasteiger partial charge in [-0.05, 0) is 18.7 Å². The lowest BCUT2D eigenvalue weighted by atomic mass is 10.0. The molecule has 0 radical (unpaired) electrons. The van der Waals surface area contributed by atoms with E-state index < -0.39 is 29.2 Å². The Bertz CT molecular complexity index is 1990. The number of anilines is 1. The van der Waals surface area contributed by atoms with Gasteiger partial charge in [-0.25, -0.2) is 14.2 Å². The zero-order valence-corrected chi connectivity index (χ0v) is 29.4. The number of carboxylic acid groups (broad SMARTS) is 1. The Morgan fingerprint density at radius 2 is 2.20 bits per heavy atom. The number of carbonyl (C=O) groups is 3. The van der Waals surface area contributed by atoms with Crippen molar-refractivity contribution >= 4 is 74.4 Å². The average Bonchev–Trinajstić information content (AvgIpc) is 3.86. The Hall–Kier alpha value is -4.21. The van der Waals surface area contributed by atoms with Gasteiger partial charge < -0.3 is 26.3 Å². The molecule has 2 amide bonds. The van der Waals surface area contributed by atoms with Crippen molar-refractivity contribution in [3.8, 4) is 12.3 Å². The van der Waals surface area contributed by atoms with Gasteiger partial charge in [-0.15, -0.1) is 41.3 Å². The number of likely N-dealkylation sites (N-methyl/N-ethyl adjacent to an activating group) is 1. The summed E-state index contributed by atoms with van der Waals surface area (Å²) in [4.78, 5) is 52.5. The summed E-state index contributed by atoms with van der Waals surface area (Å²) >= 11 is 3.87. The number of nitrogens with one attached hydrogen (secondary N) is 2. The summed E-state index contributed by atoms with van der Waals surface area (Å²) in [6, 6.07) is 4.82. The number of pyridine rings is 1. The molecule has 4 aliphatic rings. The molecule has 2 aromatic heterocycles. The number of hydrogen-bond acceptors (Lipinski definition) is 12. The number of piperazine rings is 1. The van der Waals surface area contributed by atoms with Gasteiger partial charge in [0.05, 0.1) is 11.4 Å². The molecule has 3 aromatic rings. The lowest BCUT2D eigenvalue weighted by Gasteiger charge is -2.49. The summed E-state index contributed by atoms with van der Waals surface area (Å²) in [5, 5.41) is 22.0. The van der Waals surface area contributed by atoms with Crippen LogP contribution in [-0.4, -0.2) is 99.6 Å². The van der Waals surface area contributed by atoms with Crippen molar-refractivity contribution in [1.82, 2.24) is 25.4 Å². The van der Waals surface area contributed by atoms with Gasteiger partial charge in [-0.2, -0.15) is 4.57 Å². The number of nitrogens with zero attached hydrogens (tertiary/aromatic N) is 5. The lowest BCUT2D eigenvalue weighted by Crippen LogP contribution is -2.71. The molecule has 50 heavy (non-hydrogen) atoms. The van der Waals surface area contributed by atoms with Crippen molar-refractivity contribution in [3.05, 3.63) is 58.1 Å². The van der Waals surface area contributed by atoms with Crippen LogP contribution >= 0.6 is 34.9 Å². The summed E-state index contributed by atoms with van der Waals surface area (Å²) in [5.74, 6) is 0.0230. The number of terminal acetylenes is 1. The number of thioether (sulfide) groups is 2. The highest BCUT2D eigenvalue weighted by Crippen LogP contribution is 2.43. The molecule has 5 N–H and O–H groups in total. The van der Waals surface area contributed by atoms with Crippen LogP contribution in [0.5, 0.6) is 0 Å². The maximum atomic E-state index is 15.8. The Balaban J connectivity index is 1.11. The molecule has 3 aliphatic heterocycles. The Kier molecular flexibility index (Phi) is 9.72. The Morgan fingerprint density at radius 3 is 2.90 bits per heavy atom. The van der Waals surface area contributed by atoms with Crippen molar-refractivity contribution in [2.24, 2.45) is 5.16 Å². The predicted octanol–water partition coefficient (Wildman–Crippen LogP) is 2.10. The van der Waals surface area contributed by atoms with E-state index in [1.165, 1.54) is 33.8 Å².